The number of halogens is 1. The van der Waals surface area contributed by atoms with Gasteiger partial charge in [0, 0.05) is 18.5 Å². The largest absolute Gasteiger partial charge is 0.480 e. The summed E-state index contributed by atoms with van der Waals surface area (Å²) in [7, 11) is 0. The monoisotopic (exact) mass is 311 g/mol. The minimum atomic E-state index is -0.773. The van der Waals surface area contributed by atoms with Crippen molar-refractivity contribution in [3.05, 3.63) is 16.7 Å². The van der Waals surface area contributed by atoms with Gasteiger partial charge >= 0.3 is 5.97 Å². The van der Waals surface area contributed by atoms with Crippen molar-refractivity contribution in [2.45, 2.75) is 57.5 Å². The lowest BCUT2D eigenvalue weighted by atomic mass is 10.0. The van der Waals surface area contributed by atoms with Crippen LogP contribution in [0.1, 0.15) is 56.6 Å². The second-order valence-corrected chi connectivity index (χ2v) is 6.76. The van der Waals surface area contributed by atoms with Gasteiger partial charge in [-0.25, -0.2) is 9.78 Å². The molecule has 2 aliphatic heterocycles. The molecule has 2 atom stereocenters. The fraction of sp³-hybridized carbons (Fsp3) is 0.733. The third-order valence-corrected chi connectivity index (χ3v) is 5.09. The quantitative estimate of drug-likeness (QED) is 0.932. The molecule has 6 heteroatoms. The van der Waals surface area contributed by atoms with Crippen molar-refractivity contribution in [1.82, 2.24) is 14.5 Å². The third kappa shape index (κ3) is 2.57. The Labute approximate surface area is 129 Å². The minimum Gasteiger partial charge on any atom is -0.480 e. The Bertz CT molecular complexity index is 555. The average molecular weight is 312 g/mol. The molecule has 21 heavy (non-hydrogen) atoms. The molecule has 116 valence electrons. The molecule has 0 spiro atoms. The first-order chi connectivity index (χ1) is 9.99. The number of imidazole rings is 1. The molecule has 2 unspecified atom stereocenters. The van der Waals surface area contributed by atoms with Gasteiger partial charge in [-0.3, -0.25) is 0 Å². The zero-order valence-corrected chi connectivity index (χ0v) is 13.3. The van der Waals surface area contributed by atoms with Crippen LogP contribution in [0.4, 0.5) is 0 Å². The van der Waals surface area contributed by atoms with Crippen molar-refractivity contribution in [1.29, 1.82) is 0 Å². The number of fused-ring (bicyclic) bond motifs is 1. The second-order valence-electron chi connectivity index (χ2n) is 6.40. The predicted molar refractivity (Wildman–Crippen MR) is 80.9 cm³/mol. The highest BCUT2D eigenvalue weighted by atomic mass is 35.5. The Balaban J connectivity index is 1.95. The van der Waals surface area contributed by atoms with Crippen LogP contribution in [0.5, 0.6) is 0 Å². The van der Waals surface area contributed by atoms with E-state index in [1.54, 1.807) is 0 Å². The normalized spacial score (nSPS) is 26.3. The smallest absolute Gasteiger partial charge is 0.326 e. The minimum absolute atomic E-state index is 0.290. The first-order valence-corrected chi connectivity index (χ1v) is 8.10. The molecule has 0 radical (unpaired) electrons. The summed E-state index contributed by atoms with van der Waals surface area (Å²) in [5.74, 6) is 0.397. The highest BCUT2D eigenvalue weighted by Crippen LogP contribution is 2.37. The van der Waals surface area contributed by atoms with Crippen LogP contribution in [0, 0.1) is 0 Å². The molecular formula is C15H22ClN3O2. The van der Waals surface area contributed by atoms with E-state index < -0.39 is 12.0 Å². The lowest BCUT2D eigenvalue weighted by Crippen LogP contribution is -2.30. The van der Waals surface area contributed by atoms with E-state index in [2.05, 4.69) is 23.7 Å². The van der Waals surface area contributed by atoms with E-state index in [0.29, 0.717) is 23.5 Å². The van der Waals surface area contributed by atoms with Crippen molar-refractivity contribution >= 4 is 17.6 Å². The fourth-order valence-corrected chi connectivity index (χ4v) is 3.88. The Kier molecular flexibility index (Phi) is 3.97. The summed E-state index contributed by atoms with van der Waals surface area (Å²) >= 11 is 6.27. The Hall–Kier alpha value is -1.07. The Morgan fingerprint density at radius 2 is 2.19 bits per heavy atom. The van der Waals surface area contributed by atoms with Crippen molar-refractivity contribution in [3.63, 3.8) is 0 Å². The molecule has 0 bridgehead atoms. The predicted octanol–water partition coefficient (Wildman–Crippen LogP) is 2.70. The maximum absolute atomic E-state index is 11.6. The molecule has 2 aliphatic rings. The number of carbonyl (C=O) groups is 1. The summed E-state index contributed by atoms with van der Waals surface area (Å²) in [6.45, 7) is 6.36. The zero-order chi connectivity index (χ0) is 15.1. The van der Waals surface area contributed by atoms with E-state index in [1.165, 1.54) is 0 Å². The fourth-order valence-electron chi connectivity index (χ4n) is 3.61. The summed E-state index contributed by atoms with van der Waals surface area (Å²) in [5.41, 5.74) is 0.910. The molecule has 1 aromatic heterocycles. The van der Waals surface area contributed by atoms with Crippen LogP contribution in [-0.4, -0.2) is 44.7 Å². The molecule has 3 heterocycles. The molecule has 5 nitrogen and oxygen atoms in total. The third-order valence-electron chi connectivity index (χ3n) is 4.79. The summed E-state index contributed by atoms with van der Waals surface area (Å²) in [4.78, 5) is 18.5. The van der Waals surface area contributed by atoms with E-state index in [-0.39, 0.29) is 0 Å². The van der Waals surface area contributed by atoms with Crippen molar-refractivity contribution in [2.24, 2.45) is 0 Å². The average Bonchev–Trinajstić information content (AvgIpc) is 3.04. The number of carboxylic acid groups (broad SMARTS) is 1. The first-order valence-electron chi connectivity index (χ1n) is 7.72. The Morgan fingerprint density at radius 3 is 2.81 bits per heavy atom. The van der Waals surface area contributed by atoms with Crippen LogP contribution in [0.3, 0.4) is 0 Å². The number of rotatable bonds is 3. The summed E-state index contributed by atoms with van der Waals surface area (Å²) in [5, 5.41) is 10.00. The van der Waals surface area contributed by atoms with E-state index in [4.69, 9.17) is 11.6 Å². The number of likely N-dealkylation sites (tertiary alicyclic amines) is 1. The van der Waals surface area contributed by atoms with E-state index >= 15 is 0 Å². The molecular weight excluding hydrogens is 290 g/mol. The molecule has 3 rings (SSSR count). The second kappa shape index (κ2) is 5.61. The standard InChI is InChI=1S/C15H22ClN3O2/c1-9(2)18-7-6-10(8-18)14-17-13(16)11-4-3-5-12(15(20)21)19(11)14/h9-10,12H,3-8H2,1-2H3,(H,20,21). The van der Waals surface area contributed by atoms with Crippen molar-refractivity contribution in [2.75, 3.05) is 13.1 Å². The lowest BCUT2D eigenvalue weighted by molar-refractivity contribution is -0.141. The summed E-state index contributed by atoms with van der Waals surface area (Å²) in [6, 6.07) is 0.00776. The highest BCUT2D eigenvalue weighted by Gasteiger charge is 2.36. The number of hydrogen-bond acceptors (Lipinski definition) is 3. The van der Waals surface area contributed by atoms with Gasteiger partial charge in [-0.2, -0.15) is 0 Å². The molecule has 0 amide bonds. The number of hydrogen-bond donors (Lipinski definition) is 1. The van der Waals surface area contributed by atoms with Gasteiger partial charge < -0.3 is 14.6 Å². The molecule has 0 saturated carbocycles. The van der Waals surface area contributed by atoms with Crippen LogP contribution in [0.15, 0.2) is 0 Å². The van der Waals surface area contributed by atoms with Crippen LogP contribution in [0.25, 0.3) is 0 Å². The van der Waals surface area contributed by atoms with Gasteiger partial charge in [-0.05, 0) is 46.1 Å². The maximum Gasteiger partial charge on any atom is 0.326 e. The molecule has 1 saturated heterocycles. The first kappa shape index (κ1) is 14.9. The highest BCUT2D eigenvalue weighted by molar-refractivity contribution is 6.30. The Morgan fingerprint density at radius 1 is 1.43 bits per heavy atom. The van der Waals surface area contributed by atoms with Crippen LogP contribution in [-0.2, 0) is 11.2 Å². The molecule has 1 N–H and O–H groups in total. The van der Waals surface area contributed by atoms with E-state index in [9.17, 15) is 9.90 Å². The van der Waals surface area contributed by atoms with Crippen LogP contribution in [0.2, 0.25) is 5.15 Å². The molecule has 1 fully saturated rings. The van der Waals surface area contributed by atoms with Crippen molar-refractivity contribution in [3.8, 4) is 0 Å². The number of aliphatic carboxylic acids is 1. The summed E-state index contributed by atoms with van der Waals surface area (Å²) < 4.78 is 1.92. The van der Waals surface area contributed by atoms with Gasteiger partial charge in [0.1, 0.15) is 11.9 Å². The van der Waals surface area contributed by atoms with Gasteiger partial charge in [0.25, 0.3) is 0 Å². The van der Waals surface area contributed by atoms with Crippen molar-refractivity contribution < 1.29 is 9.90 Å². The lowest BCUT2D eigenvalue weighted by Gasteiger charge is -2.26. The van der Waals surface area contributed by atoms with Gasteiger partial charge in [0.05, 0.1) is 5.69 Å². The van der Waals surface area contributed by atoms with Gasteiger partial charge in [0.2, 0.25) is 0 Å². The van der Waals surface area contributed by atoms with E-state index in [0.717, 1.165) is 43.9 Å². The van der Waals surface area contributed by atoms with Crippen LogP contribution < -0.4 is 0 Å². The zero-order valence-electron chi connectivity index (χ0n) is 12.5. The van der Waals surface area contributed by atoms with E-state index in [1.807, 2.05) is 4.57 Å². The molecule has 0 aromatic carbocycles. The molecule has 0 aliphatic carbocycles. The number of carboxylic acids is 1. The summed E-state index contributed by atoms with van der Waals surface area (Å²) in [6.07, 6.45) is 3.39. The van der Waals surface area contributed by atoms with Crippen LogP contribution >= 0.6 is 11.6 Å². The van der Waals surface area contributed by atoms with Gasteiger partial charge in [-0.15, -0.1) is 0 Å². The maximum atomic E-state index is 11.6. The molecule has 1 aromatic rings. The number of nitrogens with zero attached hydrogens (tertiary/aromatic N) is 3. The topological polar surface area (TPSA) is 58.4 Å². The van der Waals surface area contributed by atoms with Gasteiger partial charge in [0.15, 0.2) is 5.15 Å². The SMILES string of the molecule is CC(C)N1CCC(c2nc(Cl)c3n2C(C(=O)O)CCC3)C1. The van der Waals surface area contributed by atoms with Gasteiger partial charge in [-0.1, -0.05) is 11.6 Å². The number of aromatic nitrogens is 2.